The first-order chi connectivity index (χ1) is 42.7. The van der Waals surface area contributed by atoms with Crippen LogP contribution in [0.25, 0.3) is 0 Å². The monoisotopic (exact) mass is 1200 g/mol. The summed E-state index contributed by atoms with van der Waals surface area (Å²) in [5, 5.41) is 0. The van der Waals surface area contributed by atoms with E-state index in [4.69, 9.17) is 37.9 Å². The minimum atomic E-state index is -0.284. The molecule has 16 atom stereocenters. The fraction of sp³-hybridized carbons (Fsp3) is 0.611. The van der Waals surface area contributed by atoms with Crippen molar-refractivity contribution in [1.29, 1.82) is 0 Å². The van der Waals surface area contributed by atoms with Crippen molar-refractivity contribution in [3.05, 3.63) is 93.0 Å². The molecule has 16 aliphatic rings. The summed E-state index contributed by atoms with van der Waals surface area (Å²) in [6.45, 7) is 4.18. The molecule has 4 aromatic carbocycles. The minimum Gasteiger partial charge on any atom is -0.493 e. The van der Waals surface area contributed by atoms with Gasteiger partial charge in [0, 0.05) is 93.8 Å². The topological polar surface area (TPSA) is 155 Å². The number of Topliss-reactive ketones (excluding diaryl/α,β-unsaturated/α-hetero) is 4. The summed E-state index contributed by atoms with van der Waals surface area (Å²) in [5.74, 6) is 9.83. The standard InChI is InChI=1S/4C18H21NO3/c4*1-19-8-7-18-11-4-5-13(20)17(18)22-16-14(21-2)6-3-10(15(16)18)9-12(11)19/h4*3,6,11-12,17H,4-5,7-9H2,1-2H3/t4*11-,12+,17-,18-/m0000/s1. The molecular weight excluding hydrogens is 1110 g/mol. The summed E-state index contributed by atoms with van der Waals surface area (Å²) in [6.07, 6.45) is 13.9. The van der Waals surface area contributed by atoms with Gasteiger partial charge in [-0.15, -0.1) is 0 Å². The first-order valence-corrected chi connectivity index (χ1v) is 33.1. The summed E-state index contributed by atoms with van der Waals surface area (Å²) in [5.41, 5.74) is 10.3. The molecule has 4 saturated carbocycles. The Bertz CT molecular complexity index is 3210. The number of nitrogens with zero attached hydrogens (tertiary/aromatic N) is 4. The van der Waals surface area contributed by atoms with E-state index in [1.165, 1.54) is 44.5 Å². The van der Waals surface area contributed by atoms with Crippen molar-refractivity contribution in [2.24, 2.45) is 23.7 Å². The van der Waals surface area contributed by atoms with Gasteiger partial charge < -0.3 is 57.5 Å². The summed E-state index contributed by atoms with van der Waals surface area (Å²) in [7, 11) is 15.6. The Morgan fingerprint density at radius 2 is 0.568 bits per heavy atom. The fourth-order valence-corrected chi connectivity index (χ4v) is 22.7. The molecule has 0 aromatic heterocycles. The maximum absolute atomic E-state index is 12.6. The predicted octanol–water partition coefficient (Wildman–Crippen LogP) is 7.73. The van der Waals surface area contributed by atoms with Gasteiger partial charge in [-0.3, -0.25) is 19.2 Å². The molecule has 8 aliphatic carbocycles. The third kappa shape index (κ3) is 7.01. The van der Waals surface area contributed by atoms with Crippen molar-refractivity contribution >= 4 is 23.1 Å². The van der Waals surface area contributed by atoms with Gasteiger partial charge >= 0.3 is 0 Å². The van der Waals surface area contributed by atoms with Crippen LogP contribution < -0.4 is 37.9 Å². The number of methoxy groups -OCH3 is 4. The first-order valence-electron chi connectivity index (χ1n) is 33.1. The van der Waals surface area contributed by atoms with E-state index >= 15 is 0 Å². The molecule has 8 bridgehead atoms. The highest BCUT2D eigenvalue weighted by Gasteiger charge is 2.70. The summed E-state index contributed by atoms with van der Waals surface area (Å²) in [4.78, 5) is 60.5. The van der Waals surface area contributed by atoms with Crippen LogP contribution in [0.5, 0.6) is 46.0 Å². The second-order valence-electron chi connectivity index (χ2n) is 29.1. The number of ketones is 4. The van der Waals surface area contributed by atoms with Crippen molar-refractivity contribution < 1.29 is 57.1 Å². The maximum atomic E-state index is 12.6. The molecule has 4 aromatic rings. The van der Waals surface area contributed by atoms with Crippen LogP contribution in [0.4, 0.5) is 0 Å². The second kappa shape index (κ2) is 19.7. The van der Waals surface area contributed by atoms with Crippen molar-refractivity contribution in [2.75, 3.05) is 82.8 Å². The van der Waals surface area contributed by atoms with Crippen LogP contribution >= 0.6 is 0 Å². The molecule has 8 heterocycles. The highest BCUT2D eigenvalue weighted by Crippen LogP contribution is 2.68. The SMILES string of the molecule is COc1ccc2c3c1O[C@H]1C(=O)CC[C@H]4[C@@H](C2)N(C)CC[C@]314.COc1ccc2c3c1O[C@H]1C(=O)CC[C@H]4[C@@H](C2)N(C)CC[C@]314.COc1ccc2c3c1O[C@H]1C(=O)CC[C@H]4[C@@H](C2)N(C)CC[C@]314.COc1ccc2c3c1O[C@H]1C(=O)CC[C@H]4[C@@H](C2)N(C)CC[C@]314. The highest BCUT2D eigenvalue weighted by atomic mass is 16.5. The third-order valence-electron chi connectivity index (χ3n) is 26.4. The van der Waals surface area contributed by atoms with Gasteiger partial charge in [-0.2, -0.15) is 0 Å². The van der Waals surface area contributed by atoms with E-state index in [1.807, 2.05) is 24.3 Å². The number of rotatable bonds is 4. The molecule has 464 valence electrons. The Morgan fingerprint density at radius 1 is 0.352 bits per heavy atom. The van der Waals surface area contributed by atoms with E-state index in [1.54, 1.807) is 28.4 Å². The molecule has 16 heteroatoms. The lowest BCUT2D eigenvalue weighted by atomic mass is 9.52. The maximum Gasteiger partial charge on any atom is 0.174 e. The number of piperidine rings is 4. The third-order valence-corrected chi connectivity index (χ3v) is 26.4. The molecule has 8 fully saturated rings. The summed E-state index contributed by atoms with van der Waals surface area (Å²) >= 11 is 0. The molecule has 16 nitrogen and oxygen atoms in total. The zero-order valence-electron chi connectivity index (χ0n) is 52.4. The highest BCUT2D eigenvalue weighted by molar-refractivity contribution is 5.92. The van der Waals surface area contributed by atoms with Crippen molar-refractivity contribution in [1.82, 2.24) is 19.6 Å². The van der Waals surface area contributed by atoms with Crippen LogP contribution in [0.1, 0.15) is 122 Å². The van der Waals surface area contributed by atoms with Crippen LogP contribution in [-0.2, 0) is 66.5 Å². The number of ether oxygens (including phenoxy) is 8. The van der Waals surface area contributed by atoms with Crippen molar-refractivity contribution in [3.8, 4) is 46.0 Å². The Hall–Kier alpha value is -6.20. The van der Waals surface area contributed by atoms with Crippen molar-refractivity contribution in [3.63, 3.8) is 0 Å². The molecular formula is C72H84N4O12. The van der Waals surface area contributed by atoms with Gasteiger partial charge in [-0.05, 0) is 202 Å². The quantitative estimate of drug-likeness (QED) is 0.196. The number of hydrogen-bond donors (Lipinski definition) is 0. The van der Waals surface area contributed by atoms with Crippen LogP contribution in [0.2, 0.25) is 0 Å². The van der Waals surface area contributed by atoms with Gasteiger partial charge in [0.25, 0.3) is 0 Å². The molecule has 0 radical (unpaired) electrons. The van der Waals surface area contributed by atoms with Crippen molar-refractivity contribution in [2.45, 2.75) is 173 Å². The van der Waals surface area contributed by atoms with E-state index in [0.29, 0.717) is 73.5 Å². The molecule has 4 spiro atoms. The minimum absolute atomic E-state index is 0.0933. The molecule has 8 aliphatic heterocycles. The van der Waals surface area contributed by atoms with Crippen LogP contribution in [0, 0.1) is 23.7 Å². The van der Waals surface area contributed by atoms with Gasteiger partial charge in [0.1, 0.15) is 0 Å². The molecule has 88 heavy (non-hydrogen) atoms. The summed E-state index contributed by atoms with van der Waals surface area (Å²) in [6, 6.07) is 18.9. The molecule has 0 amide bonds. The van der Waals surface area contributed by atoms with Gasteiger partial charge in [0.15, 0.2) is 93.5 Å². The fourth-order valence-electron chi connectivity index (χ4n) is 22.7. The Kier molecular flexibility index (Phi) is 12.5. The van der Waals surface area contributed by atoms with E-state index in [0.717, 1.165) is 149 Å². The lowest BCUT2D eigenvalue weighted by molar-refractivity contribution is -0.138. The van der Waals surface area contributed by atoms with E-state index in [2.05, 4.69) is 72.1 Å². The van der Waals surface area contributed by atoms with Gasteiger partial charge in [0.2, 0.25) is 0 Å². The van der Waals surface area contributed by atoms with Gasteiger partial charge in [0.05, 0.1) is 28.4 Å². The number of carbonyl (C=O) groups is 4. The average Bonchev–Trinajstić information content (AvgIpc) is 1.51. The second-order valence-corrected chi connectivity index (χ2v) is 29.1. The summed E-state index contributed by atoms with van der Waals surface area (Å²) < 4.78 is 47.1. The number of likely N-dealkylation sites (N-methyl/N-ethyl adjacent to an activating group) is 4. The van der Waals surface area contributed by atoms with Gasteiger partial charge in [-0.1, -0.05) is 24.3 Å². The Morgan fingerprint density at radius 3 is 0.773 bits per heavy atom. The zero-order valence-corrected chi connectivity index (χ0v) is 52.4. The Balaban J connectivity index is 0.0000000910. The number of carbonyl (C=O) groups excluding carboxylic acids is 4. The van der Waals surface area contributed by atoms with Gasteiger partial charge in [-0.25, -0.2) is 0 Å². The molecule has 0 N–H and O–H groups in total. The number of benzene rings is 4. The molecule has 20 rings (SSSR count). The van der Waals surface area contributed by atoms with Crippen LogP contribution in [-0.4, -0.2) is 174 Å². The Labute approximate surface area is 516 Å². The number of likely N-dealkylation sites (tertiary alicyclic amines) is 4. The normalized spacial score (nSPS) is 38.5. The number of hydrogen-bond acceptors (Lipinski definition) is 16. The zero-order chi connectivity index (χ0) is 60.2. The predicted molar refractivity (Wildman–Crippen MR) is 326 cm³/mol. The lowest BCUT2D eigenvalue weighted by Gasteiger charge is -2.57. The smallest absolute Gasteiger partial charge is 0.174 e. The lowest BCUT2D eigenvalue weighted by Crippen LogP contribution is -2.65. The molecule has 0 unspecified atom stereocenters. The first kappa shape index (κ1) is 55.8. The molecule has 4 saturated heterocycles. The average molecular weight is 1200 g/mol. The van der Waals surface area contributed by atoms with E-state index in [-0.39, 0.29) is 69.2 Å². The van der Waals surface area contributed by atoms with Crippen LogP contribution in [0.3, 0.4) is 0 Å². The van der Waals surface area contributed by atoms with Crippen LogP contribution in [0.15, 0.2) is 48.5 Å². The van der Waals surface area contributed by atoms with E-state index < -0.39 is 0 Å². The van der Waals surface area contributed by atoms with E-state index in [9.17, 15) is 19.2 Å². The largest absolute Gasteiger partial charge is 0.493 e.